The summed E-state index contributed by atoms with van der Waals surface area (Å²) in [6.07, 6.45) is 0.730. The summed E-state index contributed by atoms with van der Waals surface area (Å²) in [4.78, 5) is 39.9. The number of nitrogens with one attached hydrogen (secondary N) is 3. The van der Waals surface area contributed by atoms with E-state index < -0.39 is 18.0 Å². The molecule has 2 aromatic rings. The second-order valence-corrected chi connectivity index (χ2v) is 8.79. The molecule has 2 aromatic carbocycles. The number of ether oxygens (including phenoxy) is 2. The van der Waals surface area contributed by atoms with Crippen LogP contribution in [0.5, 0.6) is 0 Å². The lowest BCUT2D eigenvalue weighted by molar-refractivity contribution is -0.140. The predicted octanol–water partition coefficient (Wildman–Crippen LogP) is 5.03. The first-order chi connectivity index (χ1) is 16.8. The molecular formula is C25H29BrN4O5. The molecule has 0 aliphatic carbocycles. The van der Waals surface area contributed by atoms with Crippen molar-refractivity contribution in [2.24, 2.45) is 0 Å². The Morgan fingerprint density at radius 3 is 2.43 bits per heavy atom. The highest BCUT2D eigenvalue weighted by molar-refractivity contribution is 9.10. The van der Waals surface area contributed by atoms with Crippen LogP contribution in [-0.2, 0) is 14.3 Å². The Kier molecular flexibility index (Phi) is 9.27. The van der Waals surface area contributed by atoms with E-state index in [2.05, 4.69) is 31.9 Å². The van der Waals surface area contributed by atoms with E-state index in [9.17, 15) is 14.4 Å². The number of carbonyl (C=O) groups excluding carboxylic acids is 3. The van der Waals surface area contributed by atoms with Crippen LogP contribution >= 0.6 is 15.9 Å². The zero-order chi connectivity index (χ0) is 25.4. The van der Waals surface area contributed by atoms with E-state index in [-0.39, 0.29) is 19.2 Å². The molecule has 0 aromatic heterocycles. The number of esters is 1. The molecule has 9 nitrogen and oxygen atoms in total. The highest BCUT2D eigenvalue weighted by atomic mass is 79.9. The summed E-state index contributed by atoms with van der Waals surface area (Å²) >= 11 is 3.37. The van der Waals surface area contributed by atoms with Crippen LogP contribution < -0.4 is 16.0 Å². The van der Waals surface area contributed by atoms with Crippen molar-refractivity contribution < 1.29 is 23.9 Å². The molecule has 0 saturated carbocycles. The normalized spacial score (nSPS) is 15.5. The van der Waals surface area contributed by atoms with Gasteiger partial charge in [-0.1, -0.05) is 41.1 Å². The minimum Gasteiger partial charge on any atom is -0.460 e. The number of carbonyl (C=O) groups is 3. The monoisotopic (exact) mass is 544 g/mol. The molecular weight excluding hydrogens is 516 g/mol. The van der Waals surface area contributed by atoms with E-state index in [0.717, 1.165) is 10.9 Å². The van der Waals surface area contributed by atoms with Crippen LogP contribution in [0.1, 0.15) is 31.9 Å². The van der Waals surface area contributed by atoms with E-state index in [4.69, 9.17) is 9.47 Å². The number of halogens is 1. The van der Waals surface area contributed by atoms with E-state index in [1.165, 1.54) is 12.0 Å². The highest BCUT2D eigenvalue weighted by Crippen LogP contribution is 2.32. The van der Waals surface area contributed by atoms with Crippen molar-refractivity contribution in [3.63, 3.8) is 0 Å². The number of methoxy groups -OCH3 is 1. The quantitative estimate of drug-likeness (QED) is 0.303. The second kappa shape index (κ2) is 12.4. The fourth-order valence-corrected chi connectivity index (χ4v) is 4.14. The van der Waals surface area contributed by atoms with Gasteiger partial charge in [0.15, 0.2) is 0 Å². The molecule has 4 amide bonds. The van der Waals surface area contributed by atoms with Gasteiger partial charge in [0.25, 0.3) is 0 Å². The lowest BCUT2D eigenvalue weighted by Gasteiger charge is -2.35. The van der Waals surface area contributed by atoms with Gasteiger partial charge in [0.1, 0.15) is 6.61 Å². The van der Waals surface area contributed by atoms with Crippen molar-refractivity contribution in [3.8, 4) is 0 Å². The molecule has 186 valence electrons. The Balaban J connectivity index is 1.85. The maximum atomic E-state index is 13.0. The molecule has 0 radical (unpaired) electrons. The number of amides is 4. The van der Waals surface area contributed by atoms with Gasteiger partial charge in [-0.15, -0.1) is 0 Å². The zero-order valence-electron chi connectivity index (χ0n) is 19.9. The molecule has 35 heavy (non-hydrogen) atoms. The maximum absolute atomic E-state index is 13.0. The number of urea groups is 2. The summed E-state index contributed by atoms with van der Waals surface area (Å²) in [6.45, 7) is 4.52. The first-order valence-electron chi connectivity index (χ1n) is 11.2. The molecule has 3 N–H and O–H groups in total. The standard InChI is InChI=1S/C25H29BrN4O5/c1-4-11-30-16(2)21(23(31)35-13-12-34-3)22(29-25(30)33)17-7-5-9-19(14-17)27-24(32)28-20-10-6-8-18(26)15-20/h5-10,14-15,22H,4,11-13H2,1-3H3,(H,29,33)(H2,27,28,32). The SMILES string of the molecule is CCCN1C(=O)NC(c2cccc(NC(=O)Nc3cccc(Br)c3)c2)C(C(=O)OCCOC)=C1C. The third-order valence-corrected chi connectivity index (χ3v) is 5.84. The smallest absolute Gasteiger partial charge is 0.338 e. The first kappa shape index (κ1) is 26.2. The number of allylic oxidation sites excluding steroid dienone is 1. The fraction of sp³-hybridized carbons (Fsp3) is 0.320. The Morgan fingerprint density at radius 1 is 1.09 bits per heavy atom. The van der Waals surface area contributed by atoms with Crippen molar-refractivity contribution in [2.45, 2.75) is 26.3 Å². The number of nitrogens with zero attached hydrogens (tertiary/aromatic N) is 1. The van der Waals surface area contributed by atoms with Crippen molar-refractivity contribution in [1.29, 1.82) is 0 Å². The number of rotatable bonds is 9. The molecule has 10 heteroatoms. The summed E-state index contributed by atoms with van der Waals surface area (Å²) in [5.41, 5.74) is 2.64. The number of hydrogen-bond acceptors (Lipinski definition) is 5. The lowest BCUT2D eigenvalue weighted by Crippen LogP contribution is -2.48. The van der Waals surface area contributed by atoms with Crippen LogP contribution in [0.4, 0.5) is 21.0 Å². The Morgan fingerprint density at radius 2 is 1.77 bits per heavy atom. The van der Waals surface area contributed by atoms with Gasteiger partial charge >= 0.3 is 18.0 Å². The first-order valence-corrected chi connectivity index (χ1v) is 12.0. The molecule has 0 bridgehead atoms. The molecule has 1 aliphatic rings. The van der Waals surface area contributed by atoms with Crippen LogP contribution in [0.3, 0.4) is 0 Å². The predicted molar refractivity (Wildman–Crippen MR) is 137 cm³/mol. The minimum atomic E-state index is -0.736. The molecule has 3 rings (SSSR count). The number of benzene rings is 2. The molecule has 0 spiro atoms. The van der Waals surface area contributed by atoms with Gasteiger partial charge < -0.3 is 25.4 Å². The van der Waals surface area contributed by atoms with Gasteiger partial charge in [-0.2, -0.15) is 0 Å². The van der Waals surface area contributed by atoms with Crippen molar-refractivity contribution in [2.75, 3.05) is 37.5 Å². The average Bonchev–Trinajstić information content (AvgIpc) is 2.81. The Hall–Kier alpha value is -3.37. The van der Waals surface area contributed by atoms with Gasteiger partial charge in [-0.05, 0) is 49.2 Å². The van der Waals surface area contributed by atoms with Crippen molar-refractivity contribution >= 4 is 45.3 Å². The number of anilines is 2. The van der Waals surface area contributed by atoms with Gasteiger partial charge in [0.05, 0.1) is 18.2 Å². The Labute approximate surface area is 213 Å². The van der Waals surface area contributed by atoms with Crippen LogP contribution in [0.25, 0.3) is 0 Å². The summed E-state index contributed by atoms with van der Waals surface area (Å²) in [5, 5.41) is 8.47. The van der Waals surface area contributed by atoms with Crippen LogP contribution in [0.2, 0.25) is 0 Å². The summed E-state index contributed by atoms with van der Waals surface area (Å²) < 4.78 is 11.2. The highest BCUT2D eigenvalue weighted by Gasteiger charge is 2.36. The van der Waals surface area contributed by atoms with E-state index >= 15 is 0 Å². The summed E-state index contributed by atoms with van der Waals surface area (Å²) in [5.74, 6) is -0.531. The van der Waals surface area contributed by atoms with Crippen LogP contribution in [0, 0.1) is 0 Å². The summed E-state index contributed by atoms with van der Waals surface area (Å²) in [7, 11) is 1.52. The summed E-state index contributed by atoms with van der Waals surface area (Å²) in [6, 6.07) is 12.8. The van der Waals surface area contributed by atoms with Gasteiger partial charge in [-0.25, -0.2) is 14.4 Å². The minimum absolute atomic E-state index is 0.0952. The number of hydrogen-bond donors (Lipinski definition) is 3. The third kappa shape index (κ3) is 6.83. The van der Waals surface area contributed by atoms with Crippen molar-refractivity contribution in [3.05, 3.63) is 69.8 Å². The van der Waals surface area contributed by atoms with Gasteiger partial charge in [-0.3, -0.25) is 4.90 Å². The maximum Gasteiger partial charge on any atom is 0.338 e. The van der Waals surface area contributed by atoms with Gasteiger partial charge in [0, 0.05) is 35.2 Å². The fourth-order valence-electron chi connectivity index (χ4n) is 3.74. The third-order valence-electron chi connectivity index (χ3n) is 5.34. The second-order valence-electron chi connectivity index (χ2n) is 7.88. The molecule has 0 saturated heterocycles. The molecule has 0 fully saturated rings. The van der Waals surface area contributed by atoms with Crippen LogP contribution in [0.15, 0.2) is 64.3 Å². The largest absolute Gasteiger partial charge is 0.460 e. The lowest BCUT2D eigenvalue weighted by atomic mass is 9.94. The van der Waals surface area contributed by atoms with E-state index in [1.54, 1.807) is 43.3 Å². The average molecular weight is 545 g/mol. The van der Waals surface area contributed by atoms with Crippen LogP contribution in [-0.4, -0.2) is 49.8 Å². The molecule has 1 heterocycles. The zero-order valence-corrected chi connectivity index (χ0v) is 21.5. The van der Waals surface area contributed by atoms with Gasteiger partial charge in [0.2, 0.25) is 0 Å². The topological polar surface area (TPSA) is 109 Å². The van der Waals surface area contributed by atoms with Crippen molar-refractivity contribution in [1.82, 2.24) is 10.2 Å². The Bertz CT molecular complexity index is 1120. The van der Waals surface area contributed by atoms with E-state index in [1.807, 2.05) is 19.1 Å². The molecule has 1 aliphatic heterocycles. The molecule has 1 atom stereocenters. The van der Waals surface area contributed by atoms with E-state index in [0.29, 0.717) is 34.8 Å². The molecule has 1 unspecified atom stereocenters.